The van der Waals surface area contributed by atoms with Crippen LogP contribution in [0.1, 0.15) is 32.1 Å². The van der Waals surface area contributed by atoms with E-state index in [-0.39, 0.29) is 18.4 Å². The van der Waals surface area contributed by atoms with Gasteiger partial charge in [-0.05, 0) is 38.1 Å². The third-order valence-electron chi connectivity index (χ3n) is 4.05. The van der Waals surface area contributed by atoms with Gasteiger partial charge in [0.2, 0.25) is 11.8 Å². The van der Waals surface area contributed by atoms with Gasteiger partial charge in [0.15, 0.2) is 0 Å². The van der Waals surface area contributed by atoms with Crippen molar-refractivity contribution in [3.63, 3.8) is 0 Å². The minimum atomic E-state index is 0.0979. The van der Waals surface area contributed by atoms with Gasteiger partial charge >= 0.3 is 0 Å². The van der Waals surface area contributed by atoms with Crippen molar-refractivity contribution in [3.05, 3.63) is 0 Å². The maximum absolute atomic E-state index is 12.1. The number of nitrogens with two attached hydrogens (primary N) is 1. The smallest absolute Gasteiger partial charge is 0.242 e. The topological polar surface area (TPSA) is 66.6 Å². The maximum atomic E-state index is 12.1. The minimum absolute atomic E-state index is 0.0979. The molecule has 0 saturated carbocycles. The molecule has 5 nitrogen and oxygen atoms in total. The molecule has 0 aromatic rings. The number of carbonyl (C=O) groups is 2. The van der Waals surface area contributed by atoms with Crippen LogP contribution >= 0.6 is 0 Å². The van der Waals surface area contributed by atoms with Crippen molar-refractivity contribution in [1.29, 1.82) is 0 Å². The van der Waals surface area contributed by atoms with Crippen LogP contribution in [0, 0.1) is 5.92 Å². The second kappa shape index (κ2) is 6.18. The van der Waals surface area contributed by atoms with E-state index in [1.54, 1.807) is 4.90 Å². The van der Waals surface area contributed by atoms with Crippen LogP contribution < -0.4 is 5.73 Å². The summed E-state index contributed by atoms with van der Waals surface area (Å²) in [6.45, 7) is 3.31. The molecule has 5 heteroatoms. The van der Waals surface area contributed by atoms with Crippen molar-refractivity contribution < 1.29 is 9.59 Å². The molecule has 0 spiro atoms. The lowest BCUT2D eigenvalue weighted by Crippen LogP contribution is -2.47. The van der Waals surface area contributed by atoms with Gasteiger partial charge in [-0.15, -0.1) is 0 Å². The van der Waals surface area contributed by atoms with Crippen molar-refractivity contribution in [1.82, 2.24) is 9.80 Å². The first kappa shape index (κ1) is 13.3. The summed E-state index contributed by atoms with van der Waals surface area (Å²) < 4.78 is 0. The van der Waals surface area contributed by atoms with Crippen molar-refractivity contribution in [2.45, 2.75) is 32.1 Å². The van der Waals surface area contributed by atoms with Crippen LogP contribution in [0.3, 0.4) is 0 Å². The molecule has 0 radical (unpaired) electrons. The molecule has 2 aliphatic rings. The van der Waals surface area contributed by atoms with Gasteiger partial charge in [-0.25, -0.2) is 0 Å². The van der Waals surface area contributed by atoms with E-state index in [0.717, 1.165) is 45.3 Å². The summed E-state index contributed by atoms with van der Waals surface area (Å²) in [7, 11) is 0. The lowest BCUT2D eigenvalue weighted by Gasteiger charge is -2.34. The van der Waals surface area contributed by atoms with Crippen LogP contribution in [0.15, 0.2) is 0 Å². The van der Waals surface area contributed by atoms with E-state index in [4.69, 9.17) is 5.73 Å². The van der Waals surface area contributed by atoms with Gasteiger partial charge in [0.05, 0.1) is 6.54 Å². The van der Waals surface area contributed by atoms with Crippen LogP contribution in [-0.2, 0) is 9.59 Å². The van der Waals surface area contributed by atoms with Crippen LogP contribution in [-0.4, -0.2) is 54.3 Å². The summed E-state index contributed by atoms with van der Waals surface area (Å²) in [5.74, 6) is 0.790. The molecule has 2 saturated heterocycles. The molecule has 0 atom stereocenters. The Bertz CT molecular complexity index is 311. The average Bonchev–Trinajstić information content (AvgIpc) is 2.41. The third kappa shape index (κ3) is 3.22. The van der Waals surface area contributed by atoms with Crippen molar-refractivity contribution in [2.75, 3.05) is 32.7 Å². The molecule has 2 amide bonds. The summed E-state index contributed by atoms with van der Waals surface area (Å²) in [5.41, 5.74) is 5.64. The van der Waals surface area contributed by atoms with E-state index in [9.17, 15) is 9.59 Å². The molecule has 2 heterocycles. The third-order valence-corrected chi connectivity index (χ3v) is 4.05. The lowest BCUT2D eigenvalue weighted by atomic mass is 9.97. The number of amides is 2. The molecular formula is C13H23N3O2. The Hall–Kier alpha value is -1.10. The molecule has 2 aliphatic heterocycles. The first-order valence-electron chi connectivity index (χ1n) is 6.96. The van der Waals surface area contributed by atoms with Crippen molar-refractivity contribution in [2.24, 2.45) is 11.7 Å². The zero-order valence-electron chi connectivity index (χ0n) is 10.9. The summed E-state index contributed by atoms with van der Waals surface area (Å²) in [6.07, 6.45) is 4.58. The molecule has 0 unspecified atom stereocenters. The largest absolute Gasteiger partial charge is 0.341 e. The Morgan fingerprint density at radius 2 is 1.94 bits per heavy atom. The summed E-state index contributed by atoms with van der Waals surface area (Å²) in [4.78, 5) is 27.3. The molecule has 2 fully saturated rings. The first-order valence-corrected chi connectivity index (χ1v) is 6.96. The second-order valence-electron chi connectivity index (χ2n) is 5.33. The highest BCUT2D eigenvalue weighted by Crippen LogP contribution is 2.17. The fourth-order valence-electron chi connectivity index (χ4n) is 2.71. The molecular weight excluding hydrogens is 230 g/mol. The monoisotopic (exact) mass is 253 g/mol. The molecule has 18 heavy (non-hydrogen) atoms. The Balaban J connectivity index is 1.79. The minimum Gasteiger partial charge on any atom is -0.341 e. The van der Waals surface area contributed by atoms with E-state index < -0.39 is 0 Å². The predicted octanol–water partition coefficient (Wildman–Crippen LogP) is 0.196. The Morgan fingerprint density at radius 3 is 2.56 bits per heavy atom. The molecule has 2 N–H and O–H groups in total. The predicted molar refractivity (Wildman–Crippen MR) is 68.8 cm³/mol. The summed E-state index contributed by atoms with van der Waals surface area (Å²) >= 11 is 0. The van der Waals surface area contributed by atoms with Crippen LogP contribution in [0.5, 0.6) is 0 Å². The molecule has 2 rings (SSSR count). The number of hydrogen-bond donors (Lipinski definition) is 1. The van der Waals surface area contributed by atoms with Crippen LogP contribution in [0.4, 0.5) is 0 Å². The van der Waals surface area contributed by atoms with Crippen molar-refractivity contribution >= 4 is 11.8 Å². The summed E-state index contributed by atoms with van der Waals surface area (Å²) in [5, 5.41) is 0. The molecule has 102 valence electrons. The van der Waals surface area contributed by atoms with Gasteiger partial charge in [-0.1, -0.05) is 0 Å². The number of carbonyl (C=O) groups excluding carboxylic acids is 2. The van der Waals surface area contributed by atoms with Gasteiger partial charge in [-0.2, -0.15) is 0 Å². The van der Waals surface area contributed by atoms with E-state index >= 15 is 0 Å². The zero-order valence-corrected chi connectivity index (χ0v) is 10.9. The molecule has 0 aliphatic carbocycles. The quantitative estimate of drug-likeness (QED) is 0.781. The normalized spacial score (nSPS) is 22.4. The van der Waals surface area contributed by atoms with Gasteiger partial charge in [-0.3, -0.25) is 9.59 Å². The Morgan fingerprint density at radius 1 is 1.22 bits per heavy atom. The second-order valence-corrected chi connectivity index (χ2v) is 5.33. The van der Waals surface area contributed by atoms with Crippen molar-refractivity contribution in [3.8, 4) is 0 Å². The number of likely N-dealkylation sites (tertiary alicyclic amines) is 2. The summed E-state index contributed by atoms with van der Waals surface area (Å²) in [6, 6.07) is 0. The van der Waals surface area contributed by atoms with E-state index in [2.05, 4.69) is 0 Å². The highest BCUT2D eigenvalue weighted by molar-refractivity contribution is 5.85. The number of hydrogen-bond acceptors (Lipinski definition) is 3. The highest BCUT2D eigenvalue weighted by atomic mass is 16.2. The Kier molecular flexibility index (Phi) is 4.58. The lowest BCUT2D eigenvalue weighted by molar-refractivity contribution is -0.142. The van der Waals surface area contributed by atoms with E-state index in [1.807, 2.05) is 4.90 Å². The van der Waals surface area contributed by atoms with E-state index in [1.165, 1.54) is 0 Å². The van der Waals surface area contributed by atoms with Gasteiger partial charge in [0.1, 0.15) is 0 Å². The van der Waals surface area contributed by atoms with Crippen LogP contribution in [0.2, 0.25) is 0 Å². The average molecular weight is 253 g/mol. The number of piperidine rings is 2. The van der Waals surface area contributed by atoms with E-state index in [0.29, 0.717) is 18.9 Å². The first-order chi connectivity index (χ1) is 8.70. The number of rotatable bonds is 3. The maximum Gasteiger partial charge on any atom is 0.242 e. The zero-order chi connectivity index (χ0) is 13.0. The Labute approximate surface area is 108 Å². The molecule has 0 aromatic carbocycles. The molecule has 0 aromatic heterocycles. The fourth-order valence-corrected chi connectivity index (χ4v) is 2.71. The van der Waals surface area contributed by atoms with Crippen LogP contribution in [0.25, 0.3) is 0 Å². The van der Waals surface area contributed by atoms with Gasteiger partial charge < -0.3 is 15.5 Å². The fraction of sp³-hybridized carbons (Fsp3) is 0.846. The van der Waals surface area contributed by atoms with Gasteiger partial charge in [0.25, 0.3) is 0 Å². The van der Waals surface area contributed by atoms with Gasteiger partial charge in [0, 0.05) is 26.1 Å². The standard InChI is InChI=1S/C13H23N3O2/c14-9-11-4-7-15(8-5-11)13(18)10-16-6-2-1-3-12(16)17/h11H,1-10,14H2. The highest BCUT2D eigenvalue weighted by Gasteiger charge is 2.26. The number of nitrogens with zero attached hydrogens (tertiary/aromatic N) is 2. The SMILES string of the molecule is NCC1CCN(C(=O)CN2CCCCC2=O)CC1. The molecule has 0 bridgehead atoms.